The number of ether oxygens (including phenoxy) is 1. The van der Waals surface area contributed by atoms with E-state index in [0.717, 1.165) is 5.69 Å². The number of furan rings is 1. The third kappa shape index (κ3) is 3.08. The number of methoxy groups -OCH3 is 1. The number of nitrogens with zero attached hydrogens (tertiary/aromatic N) is 1. The second kappa shape index (κ2) is 6.89. The van der Waals surface area contributed by atoms with Crippen molar-refractivity contribution in [3.8, 4) is 11.5 Å². The molecule has 1 amide bonds. The molecule has 2 aromatic carbocycles. The molecule has 1 aliphatic rings. The summed E-state index contributed by atoms with van der Waals surface area (Å²) in [4.78, 5) is 14.8. The molecule has 27 heavy (non-hydrogen) atoms. The first-order valence-electron chi connectivity index (χ1n) is 8.34. The first kappa shape index (κ1) is 17.3. The molecule has 0 aliphatic carbocycles. The van der Waals surface area contributed by atoms with Crippen LogP contribution in [0.5, 0.6) is 11.5 Å². The van der Waals surface area contributed by atoms with E-state index in [2.05, 4.69) is 5.32 Å². The van der Waals surface area contributed by atoms with E-state index in [-0.39, 0.29) is 29.0 Å². The lowest BCUT2D eigenvalue weighted by Crippen LogP contribution is -2.42. The predicted molar refractivity (Wildman–Crippen MR) is 101 cm³/mol. The second-order valence-corrected chi connectivity index (χ2v) is 6.57. The Kier molecular flexibility index (Phi) is 4.41. The van der Waals surface area contributed by atoms with Crippen molar-refractivity contribution in [1.82, 2.24) is 4.90 Å². The molecule has 138 valence electrons. The predicted octanol–water partition coefficient (Wildman–Crippen LogP) is 4.41. The number of para-hydroxylation sites is 1. The lowest BCUT2D eigenvalue weighted by atomic mass is 10.0. The van der Waals surface area contributed by atoms with Crippen LogP contribution in [0.15, 0.2) is 59.2 Å². The maximum Gasteiger partial charge on any atom is 0.258 e. The zero-order chi connectivity index (χ0) is 19.0. The van der Waals surface area contributed by atoms with E-state index in [4.69, 9.17) is 20.8 Å². The molecule has 2 N–H and O–H groups in total. The van der Waals surface area contributed by atoms with Gasteiger partial charge in [-0.15, -0.1) is 0 Å². The molecule has 0 radical (unpaired) electrons. The summed E-state index contributed by atoms with van der Waals surface area (Å²) < 4.78 is 10.6. The molecule has 1 aliphatic heterocycles. The highest BCUT2D eigenvalue weighted by Crippen LogP contribution is 2.40. The number of phenolic OH excluding ortho intramolecular Hbond substituents is 1. The number of halogens is 1. The molecule has 0 fully saturated rings. The number of rotatable bonds is 4. The first-order valence-corrected chi connectivity index (χ1v) is 8.71. The van der Waals surface area contributed by atoms with Crippen LogP contribution in [0.4, 0.5) is 5.69 Å². The Morgan fingerprint density at radius 2 is 2.07 bits per heavy atom. The lowest BCUT2D eigenvalue weighted by Gasteiger charge is -2.38. The van der Waals surface area contributed by atoms with E-state index in [9.17, 15) is 9.90 Å². The molecule has 4 rings (SSSR count). The molecule has 1 unspecified atom stereocenters. The van der Waals surface area contributed by atoms with Crippen molar-refractivity contribution in [2.75, 3.05) is 12.4 Å². The minimum atomic E-state index is -0.510. The van der Waals surface area contributed by atoms with Gasteiger partial charge in [0.2, 0.25) is 0 Å². The van der Waals surface area contributed by atoms with E-state index in [1.807, 2.05) is 24.3 Å². The van der Waals surface area contributed by atoms with Gasteiger partial charge in [-0.25, -0.2) is 0 Å². The topological polar surface area (TPSA) is 74.9 Å². The standard InChI is InChI=1S/C20H17ClN2O4/c1-26-17-10-12(9-15(21)18(17)24)19-22-16-7-3-2-6-14(16)20(25)23(19)11-13-5-4-8-27-13/h2-10,19,22,24H,11H2,1H3. The molecule has 3 aromatic rings. The normalized spacial score (nSPS) is 16.0. The molecule has 6 nitrogen and oxygen atoms in total. The summed E-state index contributed by atoms with van der Waals surface area (Å²) in [5.41, 5.74) is 1.99. The molecule has 0 saturated carbocycles. The minimum Gasteiger partial charge on any atom is -0.503 e. The van der Waals surface area contributed by atoms with Gasteiger partial charge in [-0.2, -0.15) is 0 Å². The number of carbonyl (C=O) groups excluding carboxylic acids is 1. The van der Waals surface area contributed by atoms with Gasteiger partial charge in [-0.1, -0.05) is 23.7 Å². The fourth-order valence-corrected chi connectivity index (χ4v) is 3.42. The highest BCUT2D eigenvalue weighted by atomic mass is 35.5. The Hall–Kier alpha value is -3.12. The summed E-state index contributed by atoms with van der Waals surface area (Å²) in [5, 5.41) is 13.6. The molecule has 1 aromatic heterocycles. The van der Waals surface area contributed by atoms with Gasteiger partial charge in [-0.3, -0.25) is 4.79 Å². The smallest absolute Gasteiger partial charge is 0.258 e. The highest BCUT2D eigenvalue weighted by Gasteiger charge is 2.34. The van der Waals surface area contributed by atoms with E-state index in [0.29, 0.717) is 16.9 Å². The van der Waals surface area contributed by atoms with Crippen molar-refractivity contribution in [2.45, 2.75) is 12.7 Å². The Labute approximate surface area is 160 Å². The first-order chi connectivity index (χ1) is 13.1. The van der Waals surface area contributed by atoms with Gasteiger partial charge in [0, 0.05) is 11.3 Å². The number of aromatic hydroxyl groups is 1. The Morgan fingerprint density at radius 1 is 1.26 bits per heavy atom. The van der Waals surface area contributed by atoms with Gasteiger partial charge in [-0.05, 0) is 36.4 Å². The van der Waals surface area contributed by atoms with E-state index < -0.39 is 6.17 Å². The average Bonchev–Trinajstić information content (AvgIpc) is 3.19. The number of hydrogen-bond acceptors (Lipinski definition) is 5. The van der Waals surface area contributed by atoms with Crippen LogP contribution in [0.3, 0.4) is 0 Å². The van der Waals surface area contributed by atoms with Gasteiger partial charge in [0.05, 0.1) is 30.5 Å². The molecule has 0 spiro atoms. The second-order valence-electron chi connectivity index (χ2n) is 6.16. The van der Waals surface area contributed by atoms with E-state index >= 15 is 0 Å². The van der Waals surface area contributed by atoms with Crippen molar-refractivity contribution in [1.29, 1.82) is 0 Å². The number of phenols is 1. The molecular weight excluding hydrogens is 368 g/mol. The fraction of sp³-hybridized carbons (Fsp3) is 0.150. The van der Waals surface area contributed by atoms with Crippen LogP contribution in [-0.4, -0.2) is 23.0 Å². The third-order valence-corrected chi connectivity index (χ3v) is 4.80. The number of amides is 1. The van der Waals surface area contributed by atoms with Crippen LogP contribution in [0.2, 0.25) is 5.02 Å². The number of nitrogens with one attached hydrogen (secondary N) is 1. The Bertz CT molecular complexity index is 988. The number of benzene rings is 2. The fourth-order valence-electron chi connectivity index (χ4n) is 3.20. The van der Waals surface area contributed by atoms with Crippen molar-refractivity contribution >= 4 is 23.2 Å². The zero-order valence-electron chi connectivity index (χ0n) is 14.5. The van der Waals surface area contributed by atoms with Crippen molar-refractivity contribution < 1.29 is 19.1 Å². The van der Waals surface area contributed by atoms with Crippen molar-refractivity contribution in [3.63, 3.8) is 0 Å². The van der Waals surface area contributed by atoms with Crippen LogP contribution in [0.25, 0.3) is 0 Å². The number of carbonyl (C=O) groups is 1. The quantitative estimate of drug-likeness (QED) is 0.696. The summed E-state index contributed by atoms with van der Waals surface area (Å²) >= 11 is 6.16. The van der Waals surface area contributed by atoms with Crippen LogP contribution < -0.4 is 10.1 Å². The molecular formula is C20H17ClN2O4. The van der Waals surface area contributed by atoms with Crippen molar-refractivity contribution in [2.24, 2.45) is 0 Å². The van der Waals surface area contributed by atoms with Crippen molar-refractivity contribution in [3.05, 3.63) is 76.7 Å². The largest absolute Gasteiger partial charge is 0.503 e. The lowest BCUT2D eigenvalue weighted by molar-refractivity contribution is 0.0651. The maximum atomic E-state index is 13.2. The van der Waals surface area contributed by atoms with Crippen LogP contribution >= 0.6 is 11.6 Å². The Balaban J connectivity index is 1.81. The number of anilines is 1. The van der Waals surface area contributed by atoms with Gasteiger partial charge < -0.3 is 24.5 Å². The van der Waals surface area contributed by atoms with Crippen LogP contribution in [0.1, 0.15) is 27.8 Å². The SMILES string of the molecule is COc1cc(C2Nc3ccccc3C(=O)N2Cc2ccco2)cc(Cl)c1O. The summed E-state index contributed by atoms with van der Waals surface area (Å²) in [7, 11) is 1.45. The molecule has 0 bridgehead atoms. The summed E-state index contributed by atoms with van der Waals surface area (Å²) in [6, 6.07) is 14.2. The third-order valence-electron chi connectivity index (χ3n) is 4.51. The van der Waals surface area contributed by atoms with E-state index in [1.54, 1.807) is 35.4 Å². The number of hydrogen-bond donors (Lipinski definition) is 2. The van der Waals surface area contributed by atoms with Crippen LogP contribution in [-0.2, 0) is 6.54 Å². The summed E-state index contributed by atoms with van der Waals surface area (Å²) in [6.45, 7) is 0.276. The van der Waals surface area contributed by atoms with E-state index in [1.165, 1.54) is 7.11 Å². The average molecular weight is 385 g/mol. The van der Waals surface area contributed by atoms with Gasteiger partial charge in [0.25, 0.3) is 5.91 Å². The van der Waals surface area contributed by atoms with Crippen LogP contribution in [0, 0.1) is 0 Å². The minimum absolute atomic E-state index is 0.131. The molecule has 7 heteroatoms. The monoisotopic (exact) mass is 384 g/mol. The summed E-state index contributed by atoms with van der Waals surface area (Å²) in [5.74, 6) is 0.631. The molecule has 1 atom stereocenters. The zero-order valence-corrected chi connectivity index (χ0v) is 15.2. The molecule has 2 heterocycles. The maximum absolute atomic E-state index is 13.2. The molecule has 0 saturated heterocycles. The number of fused-ring (bicyclic) bond motifs is 1. The Morgan fingerprint density at radius 3 is 2.81 bits per heavy atom. The van der Waals surface area contributed by atoms with Gasteiger partial charge >= 0.3 is 0 Å². The highest BCUT2D eigenvalue weighted by molar-refractivity contribution is 6.32. The van der Waals surface area contributed by atoms with Gasteiger partial charge in [0.1, 0.15) is 11.9 Å². The summed E-state index contributed by atoms with van der Waals surface area (Å²) in [6.07, 6.45) is 1.06. The van der Waals surface area contributed by atoms with Gasteiger partial charge in [0.15, 0.2) is 11.5 Å².